The average molecular weight is 364 g/mol. The first-order valence-electron chi connectivity index (χ1n) is 7.66. The molecule has 1 unspecified atom stereocenters. The molecule has 0 bridgehead atoms. The van der Waals surface area contributed by atoms with Gasteiger partial charge in [-0.05, 0) is 30.7 Å². The predicted octanol–water partition coefficient (Wildman–Crippen LogP) is 1.62. The van der Waals surface area contributed by atoms with Crippen molar-refractivity contribution in [3.63, 3.8) is 0 Å². The van der Waals surface area contributed by atoms with Crippen molar-refractivity contribution in [1.82, 2.24) is 14.9 Å². The summed E-state index contributed by atoms with van der Waals surface area (Å²) in [7, 11) is -1.48. The van der Waals surface area contributed by atoms with Crippen LogP contribution in [0.25, 0.3) is 0 Å². The molecule has 2 aromatic rings. The summed E-state index contributed by atoms with van der Waals surface area (Å²) in [5.41, 5.74) is 0.894. The monoisotopic (exact) mass is 364 g/mol. The van der Waals surface area contributed by atoms with Gasteiger partial charge in [-0.3, -0.25) is 4.79 Å². The molecule has 1 aromatic carbocycles. The zero-order valence-electron chi connectivity index (χ0n) is 13.5. The number of sulfone groups is 1. The number of aromatic nitrogens is 2. The molecule has 2 heterocycles. The second-order valence-corrected chi connectivity index (χ2v) is 8.13. The number of halogens is 1. The summed E-state index contributed by atoms with van der Waals surface area (Å²) in [6.07, 6.45) is 3.19. The Balaban J connectivity index is 1.67. The standard InChI is InChI=1S/C16H17FN4O3S/c1-21(14-6-7-25(23,24)10-14)15(22)11-8-18-16(19-9-11)20-13-4-2-12(17)3-5-13/h2-5,8-9,14H,6-7,10H2,1H3,(H,18,19,20). The van der Waals surface area contributed by atoms with E-state index >= 15 is 0 Å². The fourth-order valence-corrected chi connectivity index (χ4v) is 4.39. The molecular weight excluding hydrogens is 347 g/mol. The van der Waals surface area contributed by atoms with Gasteiger partial charge in [0.25, 0.3) is 5.91 Å². The van der Waals surface area contributed by atoms with Gasteiger partial charge in [-0.15, -0.1) is 0 Å². The Morgan fingerprint density at radius 1 is 1.24 bits per heavy atom. The highest BCUT2D eigenvalue weighted by molar-refractivity contribution is 7.91. The number of nitrogens with one attached hydrogen (secondary N) is 1. The molecule has 132 valence electrons. The van der Waals surface area contributed by atoms with Crippen molar-refractivity contribution in [2.75, 3.05) is 23.9 Å². The summed E-state index contributed by atoms with van der Waals surface area (Å²) in [6.45, 7) is 0. The molecule has 1 aromatic heterocycles. The topological polar surface area (TPSA) is 92.3 Å². The maximum Gasteiger partial charge on any atom is 0.257 e. The van der Waals surface area contributed by atoms with Crippen LogP contribution in [0.5, 0.6) is 0 Å². The molecule has 3 rings (SSSR count). The van der Waals surface area contributed by atoms with Gasteiger partial charge in [0.15, 0.2) is 9.84 Å². The van der Waals surface area contributed by atoms with Gasteiger partial charge in [0, 0.05) is 31.2 Å². The molecule has 1 saturated heterocycles. The smallest absolute Gasteiger partial charge is 0.257 e. The van der Waals surface area contributed by atoms with E-state index in [-0.39, 0.29) is 40.8 Å². The van der Waals surface area contributed by atoms with Gasteiger partial charge in [0.2, 0.25) is 5.95 Å². The highest BCUT2D eigenvalue weighted by Gasteiger charge is 2.33. The maximum atomic E-state index is 12.9. The van der Waals surface area contributed by atoms with Crippen molar-refractivity contribution in [1.29, 1.82) is 0 Å². The summed E-state index contributed by atoms with van der Waals surface area (Å²) in [5.74, 6) is -0.304. The van der Waals surface area contributed by atoms with E-state index in [1.165, 1.54) is 29.4 Å². The number of amides is 1. The largest absolute Gasteiger partial charge is 0.338 e. The van der Waals surface area contributed by atoms with Gasteiger partial charge < -0.3 is 10.2 Å². The summed E-state index contributed by atoms with van der Waals surface area (Å²) < 4.78 is 36.0. The third-order valence-corrected chi connectivity index (χ3v) is 5.83. The van der Waals surface area contributed by atoms with Crippen molar-refractivity contribution in [3.8, 4) is 0 Å². The minimum Gasteiger partial charge on any atom is -0.338 e. The Kier molecular flexibility index (Phi) is 4.67. The van der Waals surface area contributed by atoms with E-state index < -0.39 is 9.84 Å². The number of hydrogen-bond acceptors (Lipinski definition) is 6. The third kappa shape index (κ3) is 4.11. The van der Waals surface area contributed by atoms with E-state index in [0.29, 0.717) is 12.1 Å². The van der Waals surface area contributed by atoms with Gasteiger partial charge in [0.1, 0.15) is 5.82 Å². The molecule has 0 radical (unpaired) electrons. The maximum absolute atomic E-state index is 12.9. The molecular formula is C16H17FN4O3S. The summed E-state index contributed by atoms with van der Waals surface area (Å²) >= 11 is 0. The van der Waals surface area contributed by atoms with Crippen molar-refractivity contribution in [2.24, 2.45) is 0 Å². The first-order valence-corrected chi connectivity index (χ1v) is 9.48. The summed E-state index contributed by atoms with van der Waals surface area (Å²) in [5, 5.41) is 2.90. The minimum atomic E-state index is -3.06. The van der Waals surface area contributed by atoms with E-state index in [2.05, 4.69) is 15.3 Å². The normalized spacial score (nSPS) is 18.7. The van der Waals surface area contributed by atoms with Gasteiger partial charge in [-0.1, -0.05) is 0 Å². The summed E-state index contributed by atoms with van der Waals surface area (Å²) in [4.78, 5) is 22.0. The molecule has 7 nitrogen and oxygen atoms in total. The lowest BCUT2D eigenvalue weighted by molar-refractivity contribution is 0.0747. The Bertz CT molecular complexity index is 869. The average Bonchev–Trinajstić information content (AvgIpc) is 2.96. The number of anilines is 2. The predicted molar refractivity (Wildman–Crippen MR) is 90.9 cm³/mol. The van der Waals surface area contributed by atoms with Crippen LogP contribution in [0, 0.1) is 5.82 Å². The molecule has 0 spiro atoms. The van der Waals surface area contributed by atoms with E-state index in [1.54, 1.807) is 19.2 Å². The highest BCUT2D eigenvalue weighted by atomic mass is 32.2. The SMILES string of the molecule is CN(C(=O)c1cnc(Nc2ccc(F)cc2)nc1)C1CCS(=O)(=O)C1. The quantitative estimate of drug-likeness (QED) is 0.886. The van der Waals surface area contributed by atoms with E-state index in [0.717, 1.165) is 0 Å². The fourth-order valence-electron chi connectivity index (χ4n) is 2.62. The van der Waals surface area contributed by atoms with Crippen molar-refractivity contribution in [3.05, 3.63) is 48.0 Å². The van der Waals surface area contributed by atoms with Crippen LogP contribution in [0.4, 0.5) is 16.0 Å². The second-order valence-electron chi connectivity index (χ2n) is 5.90. The molecule has 25 heavy (non-hydrogen) atoms. The van der Waals surface area contributed by atoms with Gasteiger partial charge in [0.05, 0.1) is 17.1 Å². The molecule has 1 atom stereocenters. The van der Waals surface area contributed by atoms with E-state index in [1.807, 2.05) is 0 Å². The van der Waals surface area contributed by atoms with Gasteiger partial charge in [-0.2, -0.15) is 0 Å². The molecule has 1 aliphatic rings. The fraction of sp³-hybridized carbons (Fsp3) is 0.312. The van der Waals surface area contributed by atoms with Crippen LogP contribution >= 0.6 is 0 Å². The van der Waals surface area contributed by atoms with Crippen LogP contribution in [0.1, 0.15) is 16.8 Å². The van der Waals surface area contributed by atoms with Crippen molar-refractivity contribution >= 4 is 27.4 Å². The van der Waals surface area contributed by atoms with E-state index in [9.17, 15) is 17.6 Å². The molecule has 0 aliphatic carbocycles. The lowest BCUT2D eigenvalue weighted by Gasteiger charge is -2.23. The third-order valence-electron chi connectivity index (χ3n) is 4.08. The second kappa shape index (κ2) is 6.75. The first-order chi connectivity index (χ1) is 11.8. The Hall–Kier alpha value is -2.55. The molecule has 0 saturated carbocycles. The molecule has 9 heteroatoms. The van der Waals surface area contributed by atoms with Crippen LogP contribution in [-0.4, -0.2) is 53.8 Å². The van der Waals surface area contributed by atoms with Gasteiger partial charge in [-0.25, -0.2) is 22.8 Å². The lowest BCUT2D eigenvalue weighted by Crippen LogP contribution is -2.37. The number of hydrogen-bond donors (Lipinski definition) is 1. The van der Waals surface area contributed by atoms with Crippen LogP contribution < -0.4 is 5.32 Å². The Labute approximate surface area is 144 Å². The first kappa shape index (κ1) is 17.3. The zero-order chi connectivity index (χ0) is 18.0. The highest BCUT2D eigenvalue weighted by Crippen LogP contribution is 2.19. The zero-order valence-corrected chi connectivity index (χ0v) is 14.3. The number of benzene rings is 1. The number of nitrogens with zero attached hydrogens (tertiary/aromatic N) is 3. The molecule has 1 aliphatic heterocycles. The Morgan fingerprint density at radius 2 is 1.88 bits per heavy atom. The van der Waals surface area contributed by atoms with Crippen molar-refractivity contribution < 1.29 is 17.6 Å². The number of carbonyl (C=O) groups excluding carboxylic acids is 1. The van der Waals surface area contributed by atoms with Gasteiger partial charge >= 0.3 is 0 Å². The minimum absolute atomic E-state index is 0.0136. The van der Waals surface area contributed by atoms with Crippen LogP contribution in [0.2, 0.25) is 0 Å². The number of carbonyl (C=O) groups is 1. The molecule has 1 amide bonds. The van der Waals surface area contributed by atoms with Crippen LogP contribution in [-0.2, 0) is 9.84 Å². The molecule has 1 fully saturated rings. The lowest BCUT2D eigenvalue weighted by atomic mass is 10.2. The van der Waals surface area contributed by atoms with Crippen LogP contribution in [0.15, 0.2) is 36.7 Å². The summed E-state index contributed by atoms with van der Waals surface area (Å²) in [6, 6.07) is 5.39. The van der Waals surface area contributed by atoms with Crippen LogP contribution in [0.3, 0.4) is 0 Å². The van der Waals surface area contributed by atoms with E-state index in [4.69, 9.17) is 0 Å². The Morgan fingerprint density at radius 3 is 2.44 bits per heavy atom. The molecule has 1 N–H and O–H groups in total. The number of rotatable bonds is 4. The van der Waals surface area contributed by atoms with Crippen molar-refractivity contribution in [2.45, 2.75) is 12.5 Å².